The molecule has 1 atom stereocenters. The van der Waals surface area contributed by atoms with E-state index in [-0.39, 0.29) is 6.10 Å². The van der Waals surface area contributed by atoms with Gasteiger partial charge in [-0.2, -0.15) is 0 Å². The topological polar surface area (TPSA) is 29.5 Å². The van der Waals surface area contributed by atoms with E-state index >= 15 is 0 Å². The molecule has 0 spiro atoms. The van der Waals surface area contributed by atoms with E-state index < -0.39 is 0 Å². The highest BCUT2D eigenvalue weighted by molar-refractivity contribution is 4.49. The van der Waals surface area contributed by atoms with Crippen LogP contribution < -0.4 is 0 Å². The number of hydrogen-bond donors (Lipinski definition) is 1. The highest BCUT2D eigenvalue weighted by Crippen LogP contribution is 1.99. The van der Waals surface area contributed by atoms with Gasteiger partial charge in [0.1, 0.15) is 0 Å². The van der Waals surface area contributed by atoms with Crippen molar-refractivity contribution in [2.24, 2.45) is 5.92 Å². The van der Waals surface area contributed by atoms with Crippen LogP contribution in [-0.2, 0) is 4.74 Å². The predicted octanol–water partition coefficient (Wildman–Crippen LogP) is 1.82. The van der Waals surface area contributed by atoms with Crippen molar-refractivity contribution in [3.63, 3.8) is 0 Å². The monoisotopic (exact) mass is 160 g/mol. The van der Waals surface area contributed by atoms with E-state index in [0.717, 1.165) is 19.4 Å². The van der Waals surface area contributed by atoms with Crippen LogP contribution in [0.3, 0.4) is 0 Å². The number of aliphatic hydroxyl groups is 1. The molecule has 0 aliphatic heterocycles. The molecular weight excluding hydrogens is 140 g/mol. The Morgan fingerprint density at radius 3 is 2.45 bits per heavy atom. The first-order valence-corrected chi connectivity index (χ1v) is 4.42. The number of ether oxygens (including phenoxy) is 1. The molecule has 0 fully saturated rings. The highest BCUT2D eigenvalue weighted by atomic mass is 16.5. The van der Waals surface area contributed by atoms with Crippen LogP contribution in [0.4, 0.5) is 0 Å². The van der Waals surface area contributed by atoms with Crippen LogP contribution in [0, 0.1) is 5.92 Å². The molecule has 0 aromatic rings. The zero-order chi connectivity index (χ0) is 8.69. The fourth-order valence-corrected chi connectivity index (χ4v) is 0.656. The standard InChI is InChI=1S/C9H20O2/c1-4-9(10)7-11-6-5-8(2)3/h8-10H,4-7H2,1-3H3. The summed E-state index contributed by atoms with van der Waals surface area (Å²) in [6.45, 7) is 7.55. The van der Waals surface area contributed by atoms with Crippen LogP contribution >= 0.6 is 0 Å². The fraction of sp³-hybridized carbons (Fsp3) is 1.00. The van der Waals surface area contributed by atoms with Crippen LogP contribution in [0.1, 0.15) is 33.6 Å². The van der Waals surface area contributed by atoms with Crippen molar-refractivity contribution < 1.29 is 9.84 Å². The van der Waals surface area contributed by atoms with Crippen molar-refractivity contribution in [3.05, 3.63) is 0 Å². The SMILES string of the molecule is CCC(O)COCCC(C)C. The quantitative estimate of drug-likeness (QED) is 0.600. The van der Waals surface area contributed by atoms with Crippen LogP contribution in [0.25, 0.3) is 0 Å². The van der Waals surface area contributed by atoms with Gasteiger partial charge in [0.05, 0.1) is 12.7 Å². The van der Waals surface area contributed by atoms with E-state index in [0.29, 0.717) is 12.5 Å². The minimum atomic E-state index is -0.276. The normalized spacial score (nSPS) is 13.9. The Morgan fingerprint density at radius 1 is 1.36 bits per heavy atom. The minimum absolute atomic E-state index is 0.276. The maximum atomic E-state index is 9.10. The first kappa shape index (κ1) is 10.9. The summed E-state index contributed by atoms with van der Waals surface area (Å²) in [7, 11) is 0. The molecule has 68 valence electrons. The Labute approximate surface area is 69.6 Å². The lowest BCUT2D eigenvalue weighted by molar-refractivity contribution is 0.0310. The number of rotatable bonds is 6. The smallest absolute Gasteiger partial charge is 0.0771 e. The second-order valence-corrected chi connectivity index (χ2v) is 3.32. The van der Waals surface area contributed by atoms with E-state index in [9.17, 15) is 0 Å². The summed E-state index contributed by atoms with van der Waals surface area (Å²) in [6, 6.07) is 0. The van der Waals surface area contributed by atoms with Gasteiger partial charge in [-0.15, -0.1) is 0 Å². The van der Waals surface area contributed by atoms with Crippen molar-refractivity contribution in [2.75, 3.05) is 13.2 Å². The van der Waals surface area contributed by atoms with Crippen molar-refractivity contribution >= 4 is 0 Å². The van der Waals surface area contributed by atoms with E-state index in [1.165, 1.54) is 0 Å². The third-order valence-corrected chi connectivity index (χ3v) is 1.62. The summed E-state index contributed by atoms with van der Waals surface area (Å²) < 4.78 is 5.25. The molecule has 0 amide bonds. The van der Waals surface area contributed by atoms with E-state index in [1.54, 1.807) is 0 Å². The largest absolute Gasteiger partial charge is 0.391 e. The summed E-state index contributed by atoms with van der Waals surface area (Å²) in [5, 5.41) is 9.10. The second kappa shape index (κ2) is 6.62. The maximum absolute atomic E-state index is 9.10. The van der Waals surface area contributed by atoms with Gasteiger partial charge in [-0.05, 0) is 18.8 Å². The van der Waals surface area contributed by atoms with Gasteiger partial charge < -0.3 is 9.84 Å². The van der Waals surface area contributed by atoms with Gasteiger partial charge in [0, 0.05) is 6.61 Å². The molecule has 0 aromatic heterocycles. The summed E-state index contributed by atoms with van der Waals surface area (Å²) >= 11 is 0. The third-order valence-electron chi connectivity index (χ3n) is 1.62. The Balaban J connectivity index is 3.01. The van der Waals surface area contributed by atoms with Gasteiger partial charge in [-0.25, -0.2) is 0 Å². The van der Waals surface area contributed by atoms with Crippen molar-refractivity contribution in [1.29, 1.82) is 0 Å². The van der Waals surface area contributed by atoms with Crippen LogP contribution in [0.2, 0.25) is 0 Å². The van der Waals surface area contributed by atoms with E-state index in [1.807, 2.05) is 6.92 Å². The van der Waals surface area contributed by atoms with Gasteiger partial charge in [0.15, 0.2) is 0 Å². The van der Waals surface area contributed by atoms with E-state index in [2.05, 4.69) is 13.8 Å². The van der Waals surface area contributed by atoms with Gasteiger partial charge in [0.2, 0.25) is 0 Å². The molecule has 1 unspecified atom stereocenters. The lowest BCUT2D eigenvalue weighted by atomic mass is 10.1. The fourth-order valence-electron chi connectivity index (χ4n) is 0.656. The van der Waals surface area contributed by atoms with Crippen LogP contribution in [0.5, 0.6) is 0 Å². The molecule has 0 aromatic carbocycles. The van der Waals surface area contributed by atoms with Gasteiger partial charge in [0.25, 0.3) is 0 Å². The lowest BCUT2D eigenvalue weighted by Crippen LogP contribution is -2.14. The van der Waals surface area contributed by atoms with Gasteiger partial charge in [-0.3, -0.25) is 0 Å². The van der Waals surface area contributed by atoms with Crippen molar-refractivity contribution in [3.8, 4) is 0 Å². The summed E-state index contributed by atoms with van der Waals surface area (Å²) in [4.78, 5) is 0. The molecule has 0 saturated heterocycles. The molecule has 0 rings (SSSR count). The Kier molecular flexibility index (Phi) is 6.57. The molecule has 1 N–H and O–H groups in total. The Morgan fingerprint density at radius 2 is 2.00 bits per heavy atom. The Hall–Kier alpha value is -0.0800. The van der Waals surface area contributed by atoms with Gasteiger partial charge >= 0.3 is 0 Å². The maximum Gasteiger partial charge on any atom is 0.0771 e. The number of hydrogen-bond acceptors (Lipinski definition) is 2. The Bertz CT molecular complexity index is 81.6. The first-order valence-electron chi connectivity index (χ1n) is 4.42. The molecule has 0 saturated carbocycles. The van der Waals surface area contributed by atoms with Crippen molar-refractivity contribution in [2.45, 2.75) is 39.7 Å². The zero-order valence-electron chi connectivity index (χ0n) is 7.84. The van der Waals surface area contributed by atoms with Crippen molar-refractivity contribution in [1.82, 2.24) is 0 Å². The molecular formula is C9H20O2. The molecule has 0 radical (unpaired) electrons. The van der Waals surface area contributed by atoms with Gasteiger partial charge in [-0.1, -0.05) is 20.8 Å². The lowest BCUT2D eigenvalue weighted by Gasteiger charge is -2.09. The average Bonchev–Trinajstić information content (AvgIpc) is 1.97. The van der Waals surface area contributed by atoms with Crippen LogP contribution in [0.15, 0.2) is 0 Å². The summed E-state index contributed by atoms with van der Waals surface area (Å²) in [5.41, 5.74) is 0. The molecule has 0 bridgehead atoms. The molecule has 0 heterocycles. The molecule has 2 nitrogen and oxygen atoms in total. The molecule has 11 heavy (non-hydrogen) atoms. The third kappa shape index (κ3) is 7.82. The van der Waals surface area contributed by atoms with Crippen LogP contribution in [-0.4, -0.2) is 24.4 Å². The summed E-state index contributed by atoms with van der Waals surface area (Å²) in [6.07, 6.45) is 1.58. The molecule has 0 aliphatic carbocycles. The number of aliphatic hydroxyl groups excluding tert-OH is 1. The minimum Gasteiger partial charge on any atom is -0.391 e. The molecule has 2 heteroatoms. The highest BCUT2D eigenvalue weighted by Gasteiger charge is 2.00. The summed E-state index contributed by atoms with van der Waals surface area (Å²) in [5.74, 6) is 0.689. The second-order valence-electron chi connectivity index (χ2n) is 3.32. The predicted molar refractivity (Wildman–Crippen MR) is 46.6 cm³/mol. The zero-order valence-corrected chi connectivity index (χ0v) is 7.84. The van der Waals surface area contributed by atoms with E-state index in [4.69, 9.17) is 9.84 Å². The first-order chi connectivity index (χ1) is 5.16. The molecule has 0 aliphatic rings. The average molecular weight is 160 g/mol.